The molecule has 0 bridgehead atoms. The highest BCUT2D eigenvalue weighted by atomic mass is 19.4. The summed E-state index contributed by atoms with van der Waals surface area (Å²) in [6.45, 7) is 3.70. The topological polar surface area (TPSA) is 58.2 Å². The summed E-state index contributed by atoms with van der Waals surface area (Å²) in [7, 11) is 0. The van der Waals surface area contributed by atoms with E-state index < -0.39 is 23.6 Å². The van der Waals surface area contributed by atoms with Gasteiger partial charge in [0.15, 0.2) is 5.78 Å². The smallest absolute Gasteiger partial charge is 0.362 e. The molecule has 4 nitrogen and oxygen atoms in total. The molecule has 4 rings (SSSR count). The fourth-order valence-electron chi connectivity index (χ4n) is 4.35. The average molecular weight is 440 g/mol. The molecule has 0 spiro atoms. The van der Waals surface area contributed by atoms with E-state index in [1.165, 1.54) is 12.1 Å². The summed E-state index contributed by atoms with van der Waals surface area (Å²) in [5.74, 6) is -1.13. The molecule has 1 amide bonds. The second kappa shape index (κ2) is 8.30. The summed E-state index contributed by atoms with van der Waals surface area (Å²) in [6, 6.07) is 12.1. The highest BCUT2D eigenvalue weighted by molar-refractivity contribution is 6.09. The van der Waals surface area contributed by atoms with Crippen molar-refractivity contribution in [2.45, 2.75) is 45.2 Å². The molecule has 1 atom stereocenters. The van der Waals surface area contributed by atoms with Gasteiger partial charge in [-0.2, -0.15) is 13.2 Å². The van der Waals surface area contributed by atoms with Crippen LogP contribution in [0.4, 0.5) is 18.9 Å². The number of anilines is 1. The van der Waals surface area contributed by atoms with E-state index in [1.54, 1.807) is 6.92 Å². The average Bonchev–Trinajstić information content (AvgIpc) is 2.73. The number of halogens is 3. The first-order valence-corrected chi connectivity index (χ1v) is 10.4. The third-order valence-electron chi connectivity index (χ3n) is 5.88. The Morgan fingerprint density at radius 3 is 2.47 bits per heavy atom. The number of nitrogens with one attached hydrogen (secondary N) is 2. The molecule has 7 heteroatoms. The number of hydrogen-bond donors (Lipinski definition) is 2. The van der Waals surface area contributed by atoms with Crippen LogP contribution in [0.5, 0.6) is 0 Å². The molecule has 0 radical (unpaired) electrons. The summed E-state index contributed by atoms with van der Waals surface area (Å²) in [6.07, 6.45) is -2.65. The van der Waals surface area contributed by atoms with E-state index in [-0.39, 0.29) is 11.5 Å². The molecule has 1 aliphatic heterocycles. The minimum absolute atomic E-state index is 0.0128. The molecule has 2 aromatic carbocycles. The van der Waals surface area contributed by atoms with E-state index in [1.807, 2.05) is 31.2 Å². The number of benzene rings is 2. The predicted octanol–water partition coefficient (Wildman–Crippen LogP) is 5.62. The first-order valence-electron chi connectivity index (χ1n) is 10.4. The van der Waals surface area contributed by atoms with Crippen LogP contribution >= 0.6 is 0 Å². The number of hydrogen-bond acceptors (Lipinski definition) is 3. The number of rotatable bonds is 3. The Balaban J connectivity index is 1.75. The zero-order valence-electron chi connectivity index (χ0n) is 17.8. The van der Waals surface area contributed by atoms with Crippen LogP contribution in [0.25, 0.3) is 0 Å². The lowest BCUT2D eigenvalue weighted by atomic mass is 9.75. The summed E-state index contributed by atoms with van der Waals surface area (Å²) in [5.41, 5.74) is 3.36. The number of ketones is 1. The van der Waals surface area contributed by atoms with Gasteiger partial charge in [0.25, 0.3) is 5.91 Å². The Bertz CT molecular complexity index is 1140. The van der Waals surface area contributed by atoms with Crippen LogP contribution in [-0.2, 0) is 15.8 Å². The minimum Gasteiger partial charge on any atom is -0.362 e. The van der Waals surface area contributed by atoms with Crippen molar-refractivity contribution >= 4 is 17.4 Å². The quantitative estimate of drug-likeness (QED) is 0.651. The molecule has 1 aliphatic carbocycles. The van der Waals surface area contributed by atoms with Crippen LogP contribution in [-0.4, -0.2) is 11.7 Å². The van der Waals surface area contributed by atoms with Gasteiger partial charge in [-0.25, -0.2) is 0 Å². The molecule has 0 unspecified atom stereocenters. The maximum atomic E-state index is 13.3. The van der Waals surface area contributed by atoms with Gasteiger partial charge in [-0.15, -0.1) is 0 Å². The number of aryl methyl sites for hydroxylation is 1. The lowest BCUT2D eigenvalue weighted by Gasteiger charge is -2.34. The highest BCUT2D eigenvalue weighted by Gasteiger charge is 2.38. The van der Waals surface area contributed by atoms with Crippen molar-refractivity contribution in [2.24, 2.45) is 0 Å². The number of carbonyl (C=O) groups excluding carboxylic acids is 2. The number of dihydropyridines is 1. The SMILES string of the molecule is CC1=C(C(=O)Nc2cccc(C(F)(F)F)c2)[C@@H](c2ccc(C)cc2)C2=C(CCCC2=O)N1. The lowest BCUT2D eigenvalue weighted by Crippen LogP contribution is -2.35. The second-order valence-electron chi connectivity index (χ2n) is 8.21. The van der Waals surface area contributed by atoms with Gasteiger partial charge in [0, 0.05) is 40.6 Å². The van der Waals surface area contributed by atoms with Gasteiger partial charge in [-0.05, 0) is 50.5 Å². The van der Waals surface area contributed by atoms with Crippen molar-refractivity contribution < 1.29 is 22.8 Å². The van der Waals surface area contributed by atoms with Crippen molar-refractivity contribution in [3.63, 3.8) is 0 Å². The van der Waals surface area contributed by atoms with Crippen molar-refractivity contribution in [1.82, 2.24) is 5.32 Å². The van der Waals surface area contributed by atoms with Crippen LogP contribution in [0.15, 0.2) is 71.1 Å². The Morgan fingerprint density at radius 1 is 1.06 bits per heavy atom. The maximum absolute atomic E-state index is 13.3. The summed E-state index contributed by atoms with van der Waals surface area (Å²) >= 11 is 0. The molecule has 0 saturated heterocycles. The number of alkyl halides is 3. The van der Waals surface area contributed by atoms with E-state index in [4.69, 9.17) is 0 Å². The number of allylic oxidation sites excluding steroid dienone is 3. The Kier molecular flexibility index (Phi) is 5.67. The van der Waals surface area contributed by atoms with E-state index in [9.17, 15) is 22.8 Å². The van der Waals surface area contributed by atoms with Gasteiger partial charge < -0.3 is 10.6 Å². The Labute approximate surface area is 184 Å². The molecule has 1 heterocycles. The fourth-order valence-corrected chi connectivity index (χ4v) is 4.35. The molecule has 0 saturated carbocycles. The van der Waals surface area contributed by atoms with E-state index in [0.717, 1.165) is 35.4 Å². The molecule has 2 N–H and O–H groups in total. The molecule has 166 valence electrons. The fraction of sp³-hybridized carbons (Fsp3) is 0.280. The van der Waals surface area contributed by atoms with Gasteiger partial charge in [-0.1, -0.05) is 35.9 Å². The Hall–Kier alpha value is -3.35. The molecule has 2 aromatic rings. The van der Waals surface area contributed by atoms with Crippen LogP contribution in [0.3, 0.4) is 0 Å². The lowest BCUT2D eigenvalue weighted by molar-refractivity contribution is -0.137. The van der Waals surface area contributed by atoms with Gasteiger partial charge in [0.1, 0.15) is 0 Å². The van der Waals surface area contributed by atoms with E-state index in [2.05, 4.69) is 10.6 Å². The molecular weight excluding hydrogens is 417 g/mol. The number of Topliss-reactive ketones (excluding diaryl/α,β-unsaturated/α-hetero) is 1. The second-order valence-corrected chi connectivity index (χ2v) is 8.21. The Morgan fingerprint density at radius 2 is 1.78 bits per heavy atom. The van der Waals surface area contributed by atoms with Gasteiger partial charge in [0.2, 0.25) is 0 Å². The first kappa shape index (κ1) is 21.9. The summed E-state index contributed by atoms with van der Waals surface area (Å²) in [4.78, 5) is 26.2. The van der Waals surface area contributed by atoms with E-state index >= 15 is 0 Å². The third-order valence-corrected chi connectivity index (χ3v) is 5.88. The molecule has 32 heavy (non-hydrogen) atoms. The van der Waals surface area contributed by atoms with Gasteiger partial charge in [-0.3, -0.25) is 9.59 Å². The van der Waals surface area contributed by atoms with Crippen LogP contribution in [0, 0.1) is 6.92 Å². The van der Waals surface area contributed by atoms with Crippen LogP contribution in [0.2, 0.25) is 0 Å². The third kappa shape index (κ3) is 4.20. The standard InChI is InChI=1S/C25H23F3N2O2/c1-14-9-11-16(12-10-14)22-21(15(2)29-19-7-4-8-20(31)23(19)22)24(32)30-18-6-3-5-17(13-18)25(26,27)28/h3,5-6,9-13,22,29H,4,7-8H2,1-2H3,(H,30,32)/t22-/m1/s1. The van der Waals surface area contributed by atoms with Crippen molar-refractivity contribution in [3.8, 4) is 0 Å². The molecule has 2 aliphatic rings. The largest absolute Gasteiger partial charge is 0.416 e. The normalized spacial score (nSPS) is 18.9. The summed E-state index contributed by atoms with van der Waals surface area (Å²) in [5, 5.41) is 5.82. The van der Waals surface area contributed by atoms with Crippen molar-refractivity contribution in [2.75, 3.05) is 5.32 Å². The van der Waals surface area contributed by atoms with Crippen LogP contribution in [0.1, 0.15) is 48.8 Å². The molecule has 0 aromatic heterocycles. The van der Waals surface area contributed by atoms with Crippen molar-refractivity contribution in [1.29, 1.82) is 0 Å². The highest BCUT2D eigenvalue weighted by Crippen LogP contribution is 2.42. The van der Waals surface area contributed by atoms with Crippen LogP contribution < -0.4 is 10.6 Å². The summed E-state index contributed by atoms with van der Waals surface area (Å²) < 4.78 is 39.3. The number of amides is 1. The van der Waals surface area contributed by atoms with Gasteiger partial charge >= 0.3 is 6.18 Å². The molecule has 0 fully saturated rings. The first-order chi connectivity index (χ1) is 15.1. The van der Waals surface area contributed by atoms with Crippen molar-refractivity contribution in [3.05, 3.63) is 87.8 Å². The number of carbonyl (C=O) groups is 2. The predicted molar refractivity (Wildman–Crippen MR) is 116 cm³/mol. The zero-order chi connectivity index (χ0) is 23.0. The maximum Gasteiger partial charge on any atom is 0.416 e. The molecular formula is C25H23F3N2O2. The van der Waals surface area contributed by atoms with E-state index in [0.29, 0.717) is 29.7 Å². The minimum atomic E-state index is -4.51. The monoisotopic (exact) mass is 440 g/mol. The zero-order valence-corrected chi connectivity index (χ0v) is 17.8. The van der Waals surface area contributed by atoms with Gasteiger partial charge in [0.05, 0.1) is 5.56 Å².